The predicted molar refractivity (Wildman–Crippen MR) is 116 cm³/mol. The predicted octanol–water partition coefficient (Wildman–Crippen LogP) is 4.94. The fourth-order valence-electron chi connectivity index (χ4n) is 8.25. The molecule has 29 heavy (non-hydrogen) atoms. The van der Waals surface area contributed by atoms with Crippen molar-refractivity contribution in [1.82, 2.24) is 0 Å². The van der Waals surface area contributed by atoms with Crippen LogP contribution in [0.25, 0.3) is 0 Å². The van der Waals surface area contributed by atoms with Gasteiger partial charge in [-0.2, -0.15) is 0 Å². The van der Waals surface area contributed by atoms with Crippen LogP contribution < -0.4 is 0 Å². The lowest BCUT2D eigenvalue weighted by molar-refractivity contribution is -0.146. The molecule has 0 saturated heterocycles. The SMILES string of the molecule is COC1CC[C@H]2[C@@H]3CCC4CC(O)(C#CCCCCO)CC[C@]4(C)[C@@H]3CC[C@]12C. The van der Waals surface area contributed by atoms with Gasteiger partial charge in [0, 0.05) is 20.1 Å². The van der Waals surface area contributed by atoms with Crippen LogP contribution in [0.15, 0.2) is 0 Å². The van der Waals surface area contributed by atoms with Crippen molar-refractivity contribution in [2.45, 2.75) is 103 Å². The number of ether oxygens (including phenoxy) is 1. The Hall–Kier alpha value is -0.560. The monoisotopic (exact) mass is 402 g/mol. The first-order valence-corrected chi connectivity index (χ1v) is 12.2. The zero-order valence-corrected chi connectivity index (χ0v) is 18.9. The van der Waals surface area contributed by atoms with E-state index >= 15 is 0 Å². The van der Waals surface area contributed by atoms with E-state index in [0.29, 0.717) is 22.9 Å². The maximum Gasteiger partial charge on any atom is 0.125 e. The molecule has 0 bridgehead atoms. The van der Waals surface area contributed by atoms with Crippen molar-refractivity contribution in [2.24, 2.45) is 34.5 Å². The molecule has 3 heteroatoms. The third-order valence-corrected chi connectivity index (χ3v) is 9.96. The summed E-state index contributed by atoms with van der Waals surface area (Å²) in [5.74, 6) is 9.57. The van der Waals surface area contributed by atoms with Gasteiger partial charge in [-0.05, 0) is 105 Å². The Morgan fingerprint density at radius 1 is 0.931 bits per heavy atom. The lowest BCUT2D eigenvalue weighted by Gasteiger charge is -2.61. The smallest absolute Gasteiger partial charge is 0.125 e. The second-order valence-electron chi connectivity index (χ2n) is 11.2. The van der Waals surface area contributed by atoms with E-state index in [1.807, 2.05) is 7.11 Å². The van der Waals surface area contributed by atoms with Crippen LogP contribution in [0.3, 0.4) is 0 Å². The number of methoxy groups -OCH3 is 1. The first kappa shape index (κ1) is 21.7. The summed E-state index contributed by atoms with van der Waals surface area (Å²) in [4.78, 5) is 0. The van der Waals surface area contributed by atoms with Gasteiger partial charge in [0.1, 0.15) is 5.60 Å². The summed E-state index contributed by atoms with van der Waals surface area (Å²) in [6.07, 6.45) is 13.6. The normalized spacial score (nSPS) is 48.8. The van der Waals surface area contributed by atoms with Crippen molar-refractivity contribution in [3.05, 3.63) is 0 Å². The van der Waals surface area contributed by atoms with Crippen LogP contribution in [0.4, 0.5) is 0 Å². The minimum Gasteiger partial charge on any atom is -0.396 e. The molecule has 4 rings (SSSR count). The van der Waals surface area contributed by atoms with E-state index in [9.17, 15) is 5.11 Å². The van der Waals surface area contributed by atoms with Crippen LogP contribution in [-0.2, 0) is 4.74 Å². The molecule has 4 saturated carbocycles. The average molecular weight is 403 g/mol. The molecule has 3 unspecified atom stereocenters. The van der Waals surface area contributed by atoms with E-state index in [2.05, 4.69) is 25.7 Å². The van der Waals surface area contributed by atoms with Crippen molar-refractivity contribution < 1.29 is 14.9 Å². The Kier molecular flexibility index (Phi) is 6.11. The zero-order valence-electron chi connectivity index (χ0n) is 18.9. The van der Waals surface area contributed by atoms with Gasteiger partial charge in [0.15, 0.2) is 0 Å². The molecular weight excluding hydrogens is 360 g/mol. The second-order valence-corrected chi connectivity index (χ2v) is 11.2. The van der Waals surface area contributed by atoms with Crippen LogP contribution in [0.1, 0.15) is 90.9 Å². The van der Waals surface area contributed by atoms with Crippen molar-refractivity contribution in [1.29, 1.82) is 0 Å². The highest BCUT2D eigenvalue weighted by atomic mass is 16.5. The fraction of sp³-hybridized carbons (Fsp3) is 0.923. The summed E-state index contributed by atoms with van der Waals surface area (Å²) in [6, 6.07) is 0. The van der Waals surface area contributed by atoms with Crippen molar-refractivity contribution in [3.63, 3.8) is 0 Å². The number of aliphatic hydroxyl groups excluding tert-OH is 1. The maximum absolute atomic E-state index is 11.2. The first-order chi connectivity index (χ1) is 13.9. The molecule has 0 aromatic rings. The molecule has 0 aliphatic heterocycles. The van der Waals surface area contributed by atoms with E-state index in [-0.39, 0.29) is 6.61 Å². The van der Waals surface area contributed by atoms with E-state index in [0.717, 1.165) is 56.3 Å². The minimum atomic E-state index is -0.784. The van der Waals surface area contributed by atoms with E-state index < -0.39 is 5.60 Å². The molecule has 4 fully saturated rings. The zero-order chi connectivity index (χ0) is 20.7. The summed E-state index contributed by atoms with van der Waals surface area (Å²) in [5.41, 5.74) is -0.0251. The van der Waals surface area contributed by atoms with E-state index in [1.54, 1.807) is 0 Å². The molecule has 3 nitrogen and oxygen atoms in total. The van der Waals surface area contributed by atoms with Gasteiger partial charge in [-0.15, -0.1) is 5.92 Å². The molecule has 0 amide bonds. The molecule has 8 atom stereocenters. The van der Waals surface area contributed by atoms with Crippen LogP contribution in [0, 0.1) is 46.3 Å². The molecule has 0 radical (unpaired) electrons. The van der Waals surface area contributed by atoms with Crippen molar-refractivity contribution in [3.8, 4) is 11.8 Å². The Morgan fingerprint density at radius 2 is 1.72 bits per heavy atom. The van der Waals surface area contributed by atoms with Crippen LogP contribution >= 0.6 is 0 Å². The van der Waals surface area contributed by atoms with Gasteiger partial charge in [0.05, 0.1) is 6.10 Å². The third-order valence-electron chi connectivity index (χ3n) is 9.96. The van der Waals surface area contributed by atoms with Crippen molar-refractivity contribution >= 4 is 0 Å². The molecule has 0 aromatic carbocycles. The molecule has 2 N–H and O–H groups in total. The Bertz CT molecular complexity index is 650. The number of fused-ring (bicyclic) bond motifs is 5. The third kappa shape index (κ3) is 3.68. The van der Waals surface area contributed by atoms with Crippen LogP contribution in [0.5, 0.6) is 0 Å². The first-order valence-electron chi connectivity index (χ1n) is 12.2. The Morgan fingerprint density at radius 3 is 2.48 bits per heavy atom. The molecule has 0 aromatic heterocycles. The summed E-state index contributed by atoms with van der Waals surface area (Å²) in [6.45, 7) is 5.30. The Labute approximate surface area is 178 Å². The van der Waals surface area contributed by atoms with E-state index in [4.69, 9.17) is 9.84 Å². The minimum absolute atomic E-state index is 0.236. The summed E-state index contributed by atoms with van der Waals surface area (Å²) >= 11 is 0. The fourth-order valence-corrected chi connectivity index (χ4v) is 8.25. The standard InChI is InChI=1S/C26H42O3/c1-24-15-16-26(28,13-6-4-5-7-17-27)18-19(24)8-9-20-21-10-11-23(29-3)25(21,2)14-12-22(20)24/h19-23,27-28H,4-5,7-12,14-18H2,1-3H3/t19?,20-,21-,22+,23?,24-,25-,26?/m0/s1. The molecule has 4 aliphatic rings. The maximum atomic E-state index is 11.2. The van der Waals surface area contributed by atoms with Gasteiger partial charge in [-0.25, -0.2) is 0 Å². The largest absolute Gasteiger partial charge is 0.396 e. The molecule has 0 heterocycles. The van der Waals surface area contributed by atoms with Gasteiger partial charge >= 0.3 is 0 Å². The quantitative estimate of drug-likeness (QED) is 0.517. The topological polar surface area (TPSA) is 49.7 Å². The van der Waals surface area contributed by atoms with Gasteiger partial charge in [0.25, 0.3) is 0 Å². The summed E-state index contributed by atoms with van der Waals surface area (Å²) in [5, 5.41) is 20.1. The second kappa shape index (κ2) is 8.18. The highest BCUT2D eigenvalue weighted by Crippen LogP contribution is 2.67. The molecule has 4 aliphatic carbocycles. The highest BCUT2D eigenvalue weighted by Gasteiger charge is 2.61. The van der Waals surface area contributed by atoms with Crippen LogP contribution in [-0.4, -0.2) is 35.6 Å². The lowest BCUT2D eigenvalue weighted by Crippen LogP contribution is -2.56. The van der Waals surface area contributed by atoms with Gasteiger partial charge < -0.3 is 14.9 Å². The highest BCUT2D eigenvalue weighted by molar-refractivity contribution is 5.19. The molecule has 0 spiro atoms. The summed E-state index contributed by atoms with van der Waals surface area (Å²) < 4.78 is 5.92. The number of aliphatic hydroxyl groups is 2. The van der Waals surface area contributed by atoms with Crippen molar-refractivity contribution in [2.75, 3.05) is 13.7 Å². The average Bonchev–Trinajstić information content (AvgIpc) is 3.05. The van der Waals surface area contributed by atoms with E-state index in [1.165, 1.54) is 38.5 Å². The lowest BCUT2D eigenvalue weighted by atomic mass is 9.44. The number of rotatable bonds is 4. The number of unbranched alkanes of at least 4 members (excludes halogenated alkanes) is 2. The summed E-state index contributed by atoms with van der Waals surface area (Å²) in [7, 11) is 1.91. The van der Waals surface area contributed by atoms with Gasteiger partial charge in [-0.1, -0.05) is 19.8 Å². The molecule has 164 valence electrons. The number of hydrogen-bond donors (Lipinski definition) is 2. The molecular formula is C26H42O3. The van der Waals surface area contributed by atoms with Crippen LogP contribution in [0.2, 0.25) is 0 Å². The van der Waals surface area contributed by atoms with Gasteiger partial charge in [-0.3, -0.25) is 0 Å². The van der Waals surface area contributed by atoms with Gasteiger partial charge in [0.2, 0.25) is 0 Å². The Balaban J connectivity index is 1.46. The number of hydrogen-bond acceptors (Lipinski definition) is 3.